The zero-order valence-corrected chi connectivity index (χ0v) is 13.1. The van der Waals surface area contributed by atoms with Crippen molar-refractivity contribution in [2.45, 2.75) is 39.3 Å². The molecule has 3 nitrogen and oxygen atoms in total. The summed E-state index contributed by atoms with van der Waals surface area (Å²) in [6.07, 6.45) is 2.05. The predicted octanol–water partition coefficient (Wildman–Crippen LogP) is 3.59. The molecule has 100 valence electrons. The summed E-state index contributed by atoms with van der Waals surface area (Å²) in [6.45, 7) is 5.72. The summed E-state index contributed by atoms with van der Waals surface area (Å²) in [4.78, 5) is 14.8. The molecule has 1 aliphatic heterocycles. The van der Waals surface area contributed by atoms with Gasteiger partial charge in [0, 0.05) is 21.3 Å². The molecule has 2 heterocycles. The van der Waals surface area contributed by atoms with E-state index >= 15 is 0 Å². The molecule has 1 aliphatic rings. The number of likely N-dealkylation sites (tertiary alicyclic amines) is 1. The third-order valence-corrected chi connectivity index (χ3v) is 5.27. The minimum atomic E-state index is -0.699. The largest absolute Gasteiger partial charge is 0.480 e. The molecule has 0 saturated carbocycles. The van der Waals surface area contributed by atoms with Gasteiger partial charge in [-0.25, -0.2) is 0 Å². The van der Waals surface area contributed by atoms with E-state index in [0.717, 1.165) is 30.4 Å². The fourth-order valence-electron chi connectivity index (χ4n) is 2.80. The lowest BCUT2D eigenvalue weighted by Crippen LogP contribution is -2.53. The summed E-state index contributed by atoms with van der Waals surface area (Å²) in [5.74, 6) is -0.699. The van der Waals surface area contributed by atoms with E-state index in [-0.39, 0.29) is 11.5 Å². The van der Waals surface area contributed by atoms with E-state index in [4.69, 9.17) is 0 Å². The van der Waals surface area contributed by atoms with Gasteiger partial charge in [-0.1, -0.05) is 13.8 Å². The zero-order valence-electron chi connectivity index (χ0n) is 10.6. The molecule has 5 heteroatoms. The summed E-state index contributed by atoms with van der Waals surface area (Å²) in [6, 6.07) is 1.69. The standard InChI is InChI=1S/C13H18BrNO2S/c1-13(2)4-3-5-15(11(13)12(16)17)7-10-6-9(14)8-18-10/h6,8,11H,3-5,7H2,1-2H3,(H,16,17). The summed E-state index contributed by atoms with van der Waals surface area (Å²) in [7, 11) is 0. The number of hydrogen-bond acceptors (Lipinski definition) is 3. The Morgan fingerprint density at radius 2 is 2.39 bits per heavy atom. The van der Waals surface area contributed by atoms with Gasteiger partial charge < -0.3 is 5.11 Å². The van der Waals surface area contributed by atoms with Crippen LogP contribution in [0, 0.1) is 5.41 Å². The van der Waals surface area contributed by atoms with Crippen LogP contribution in [0.15, 0.2) is 15.9 Å². The van der Waals surface area contributed by atoms with Gasteiger partial charge in [-0.2, -0.15) is 0 Å². The molecule has 1 N–H and O–H groups in total. The van der Waals surface area contributed by atoms with Crippen LogP contribution in [0.25, 0.3) is 0 Å². The Morgan fingerprint density at radius 3 is 2.94 bits per heavy atom. The van der Waals surface area contributed by atoms with Crippen molar-refractivity contribution in [2.24, 2.45) is 5.41 Å². The van der Waals surface area contributed by atoms with Crippen molar-refractivity contribution in [1.82, 2.24) is 4.90 Å². The van der Waals surface area contributed by atoms with Crippen molar-refractivity contribution in [1.29, 1.82) is 0 Å². The Balaban J connectivity index is 2.17. The van der Waals surface area contributed by atoms with E-state index < -0.39 is 5.97 Å². The Kier molecular flexibility index (Phi) is 4.14. The van der Waals surface area contributed by atoms with E-state index in [1.807, 2.05) is 5.38 Å². The summed E-state index contributed by atoms with van der Waals surface area (Å²) >= 11 is 5.11. The highest BCUT2D eigenvalue weighted by molar-refractivity contribution is 9.10. The third kappa shape index (κ3) is 2.95. The fourth-order valence-corrected chi connectivity index (χ4v) is 4.27. The minimum absolute atomic E-state index is 0.154. The van der Waals surface area contributed by atoms with Crippen molar-refractivity contribution in [2.75, 3.05) is 6.54 Å². The normalized spacial score (nSPS) is 24.1. The second kappa shape index (κ2) is 5.31. The summed E-state index contributed by atoms with van der Waals surface area (Å²) in [5.41, 5.74) is -0.154. The van der Waals surface area contributed by atoms with Gasteiger partial charge in [-0.05, 0) is 46.8 Å². The van der Waals surface area contributed by atoms with Crippen LogP contribution >= 0.6 is 27.3 Å². The van der Waals surface area contributed by atoms with Gasteiger partial charge in [0.1, 0.15) is 6.04 Å². The highest BCUT2D eigenvalue weighted by Gasteiger charge is 2.42. The van der Waals surface area contributed by atoms with Crippen LogP contribution in [0.5, 0.6) is 0 Å². The number of aliphatic carboxylic acids is 1. The van der Waals surface area contributed by atoms with Crippen LogP contribution in [0.4, 0.5) is 0 Å². The zero-order chi connectivity index (χ0) is 13.3. The van der Waals surface area contributed by atoms with Crippen LogP contribution in [-0.2, 0) is 11.3 Å². The Hall–Kier alpha value is -0.390. The van der Waals surface area contributed by atoms with Gasteiger partial charge in [-0.3, -0.25) is 9.69 Å². The maximum Gasteiger partial charge on any atom is 0.321 e. The van der Waals surface area contributed by atoms with Gasteiger partial charge in [-0.15, -0.1) is 11.3 Å². The Bertz CT molecular complexity index is 444. The SMILES string of the molecule is CC1(C)CCCN(Cc2cc(Br)cs2)C1C(=O)O. The fraction of sp³-hybridized carbons (Fsp3) is 0.615. The number of carboxylic acids is 1. The number of carbonyl (C=O) groups is 1. The number of thiophene rings is 1. The molecule has 0 radical (unpaired) electrons. The van der Waals surface area contributed by atoms with Gasteiger partial charge in [0.2, 0.25) is 0 Å². The van der Waals surface area contributed by atoms with E-state index in [0.29, 0.717) is 0 Å². The molecule has 2 rings (SSSR count). The topological polar surface area (TPSA) is 40.5 Å². The van der Waals surface area contributed by atoms with E-state index in [9.17, 15) is 9.90 Å². The number of rotatable bonds is 3. The molecule has 1 aromatic heterocycles. The van der Waals surface area contributed by atoms with Crippen molar-refractivity contribution in [3.8, 4) is 0 Å². The Morgan fingerprint density at radius 1 is 1.67 bits per heavy atom. The van der Waals surface area contributed by atoms with E-state index in [1.165, 1.54) is 4.88 Å². The molecule has 18 heavy (non-hydrogen) atoms. The quantitative estimate of drug-likeness (QED) is 0.920. The number of carboxylic acid groups (broad SMARTS) is 1. The molecule has 1 unspecified atom stereocenters. The average Bonchev–Trinajstić information content (AvgIpc) is 2.61. The molecule has 1 saturated heterocycles. The first-order valence-corrected chi connectivity index (χ1v) is 7.77. The Labute approximate surface area is 120 Å². The maximum absolute atomic E-state index is 11.5. The smallest absolute Gasteiger partial charge is 0.321 e. The molecule has 0 aliphatic carbocycles. The number of nitrogens with zero attached hydrogens (tertiary/aromatic N) is 1. The van der Waals surface area contributed by atoms with Crippen molar-refractivity contribution in [3.05, 3.63) is 20.8 Å². The van der Waals surface area contributed by atoms with E-state index in [2.05, 4.69) is 40.7 Å². The molecule has 0 amide bonds. The molecular formula is C13H18BrNO2S. The highest BCUT2D eigenvalue weighted by atomic mass is 79.9. The van der Waals surface area contributed by atoms with Gasteiger partial charge >= 0.3 is 5.97 Å². The second-order valence-corrected chi connectivity index (χ2v) is 7.45. The van der Waals surface area contributed by atoms with Crippen LogP contribution in [0.2, 0.25) is 0 Å². The first-order chi connectivity index (χ1) is 8.40. The molecular weight excluding hydrogens is 314 g/mol. The number of hydrogen-bond donors (Lipinski definition) is 1. The molecule has 0 bridgehead atoms. The van der Waals surface area contributed by atoms with Crippen LogP contribution in [0.1, 0.15) is 31.6 Å². The minimum Gasteiger partial charge on any atom is -0.480 e. The van der Waals surface area contributed by atoms with Gasteiger partial charge in [0.25, 0.3) is 0 Å². The molecule has 1 atom stereocenters. The maximum atomic E-state index is 11.5. The molecule has 1 fully saturated rings. The average molecular weight is 332 g/mol. The second-order valence-electron chi connectivity index (χ2n) is 5.53. The van der Waals surface area contributed by atoms with E-state index in [1.54, 1.807) is 11.3 Å². The lowest BCUT2D eigenvalue weighted by atomic mass is 9.76. The molecule has 1 aromatic rings. The third-order valence-electron chi connectivity index (χ3n) is 3.59. The molecule has 0 aromatic carbocycles. The lowest BCUT2D eigenvalue weighted by molar-refractivity contribution is -0.151. The highest BCUT2D eigenvalue weighted by Crippen LogP contribution is 2.36. The van der Waals surface area contributed by atoms with Crippen LogP contribution in [-0.4, -0.2) is 28.6 Å². The lowest BCUT2D eigenvalue weighted by Gasteiger charge is -2.43. The molecule has 0 spiro atoms. The van der Waals surface area contributed by atoms with Crippen LogP contribution < -0.4 is 0 Å². The summed E-state index contributed by atoms with van der Waals surface area (Å²) < 4.78 is 1.07. The number of halogens is 1. The predicted molar refractivity (Wildman–Crippen MR) is 76.9 cm³/mol. The summed E-state index contributed by atoms with van der Waals surface area (Å²) in [5, 5.41) is 11.5. The van der Waals surface area contributed by atoms with Crippen molar-refractivity contribution in [3.63, 3.8) is 0 Å². The first kappa shape index (κ1) is 14.0. The monoisotopic (exact) mass is 331 g/mol. The van der Waals surface area contributed by atoms with Crippen molar-refractivity contribution < 1.29 is 9.90 Å². The van der Waals surface area contributed by atoms with Crippen LogP contribution in [0.3, 0.4) is 0 Å². The van der Waals surface area contributed by atoms with Gasteiger partial charge in [0.15, 0.2) is 0 Å². The van der Waals surface area contributed by atoms with Crippen molar-refractivity contribution >= 4 is 33.2 Å². The number of piperidine rings is 1. The first-order valence-electron chi connectivity index (χ1n) is 6.10. The van der Waals surface area contributed by atoms with Gasteiger partial charge in [0.05, 0.1) is 0 Å².